The predicted molar refractivity (Wildman–Crippen MR) is 88.7 cm³/mol. The van der Waals surface area contributed by atoms with Gasteiger partial charge in [-0.3, -0.25) is 9.78 Å². The van der Waals surface area contributed by atoms with Crippen molar-refractivity contribution in [3.8, 4) is 11.6 Å². The first-order valence-electron chi connectivity index (χ1n) is 8.22. The summed E-state index contributed by atoms with van der Waals surface area (Å²) in [7, 11) is 1.57. The van der Waals surface area contributed by atoms with Crippen molar-refractivity contribution in [3.05, 3.63) is 48.2 Å². The Labute approximate surface area is 145 Å². The standard InChI is InChI=1S/C18H20FN3O3/c1-24-10-8-18(23)22-9-4-6-15(22)14-11-20-12-17(21-14)25-16-7-3-2-5-13(16)19/h2-3,5,7,11-12,15H,4,6,8-10H2,1H3/t15-/m0/s1. The third kappa shape index (κ3) is 4.11. The van der Waals surface area contributed by atoms with Crippen LogP contribution < -0.4 is 4.74 Å². The molecule has 0 unspecified atom stereocenters. The highest BCUT2D eigenvalue weighted by atomic mass is 19.1. The number of halogens is 1. The quantitative estimate of drug-likeness (QED) is 0.805. The summed E-state index contributed by atoms with van der Waals surface area (Å²) in [4.78, 5) is 22.7. The van der Waals surface area contributed by atoms with Gasteiger partial charge in [0.25, 0.3) is 0 Å². The third-order valence-electron chi connectivity index (χ3n) is 4.12. The lowest BCUT2D eigenvalue weighted by atomic mass is 10.1. The maximum Gasteiger partial charge on any atom is 0.238 e. The van der Waals surface area contributed by atoms with Crippen LogP contribution in [0.1, 0.15) is 31.0 Å². The summed E-state index contributed by atoms with van der Waals surface area (Å²) in [5, 5.41) is 0. The molecule has 1 fully saturated rings. The van der Waals surface area contributed by atoms with Gasteiger partial charge in [0.1, 0.15) is 0 Å². The largest absolute Gasteiger partial charge is 0.434 e. The van der Waals surface area contributed by atoms with Gasteiger partial charge in [-0.05, 0) is 25.0 Å². The van der Waals surface area contributed by atoms with Crippen LogP contribution in [0.4, 0.5) is 4.39 Å². The average Bonchev–Trinajstić information content (AvgIpc) is 3.12. The molecule has 1 aromatic carbocycles. The summed E-state index contributed by atoms with van der Waals surface area (Å²) in [6.45, 7) is 1.08. The van der Waals surface area contributed by atoms with E-state index < -0.39 is 5.82 Å². The maximum atomic E-state index is 13.7. The van der Waals surface area contributed by atoms with Crippen molar-refractivity contribution >= 4 is 5.91 Å². The molecule has 1 aromatic heterocycles. The fourth-order valence-corrected chi connectivity index (χ4v) is 2.92. The number of benzene rings is 1. The number of nitrogens with zero attached hydrogens (tertiary/aromatic N) is 3. The number of hydrogen-bond acceptors (Lipinski definition) is 5. The van der Waals surface area contributed by atoms with Crippen LogP contribution in [0.15, 0.2) is 36.7 Å². The topological polar surface area (TPSA) is 64.5 Å². The second-order valence-corrected chi connectivity index (χ2v) is 5.80. The molecule has 0 spiro atoms. The van der Waals surface area contributed by atoms with E-state index in [-0.39, 0.29) is 23.6 Å². The van der Waals surface area contributed by atoms with Gasteiger partial charge in [-0.15, -0.1) is 0 Å². The Hall–Kier alpha value is -2.54. The van der Waals surface area contributed by atoms with Gasteiger partial charge in [0.05, 0.1) is 37.2 Å². The van der Waals surface area contributed by atoms with E-state index in [1.165, 1.54) is 18.3 Å². The molecule has 1 atom stereocenters. The van der Waals surface area contributed by atoms with E-state index in [1.54, 1.807) is 30.3 Å². The Morgan fingerprint density at radius 3 is 3.00 bits per heavy atom. The van der Waals surface area contributed by atoms with Crippen molar-refractivity contribution in [3.63, 3.8) is 0 Å². The summed E-state index contributed by atoms with van der Waals surface area (Å²) >= 11 is 0. The van der Waals surface area contributed by atoms with Gasteiger partial charge in [0.2, 0.25) is 11.8 Å². The minimum atomic E-state index is -0.466. The molecule has 1 aliphatic rings. The van der Waals surface area contributed by atoms with Crippen LogP contribution in [0.25, 0.3) is 0 Å². The summed E-state index contributed by atoms with van der Waals surface area (Å²) in [5.41, 5.74) is 0.650. The lowest BCUT2D eigenvalue weighted by molar-refractivity contribution is -0.133. The lowest BCUT2D eigenvalue weighted by Crippen LogP contribution is -2.31. The highest BCUT2D eigenvalue weighted by Gasteiger charge is 2.31. The summed E-state index contributed by atoms with van der Waals surface area (Å²) in [6, 6.07) is 5.98. The molecule has 3 rings (SSSR count). The van der Waals surface area contributed by atoms with Crippen LogP contribution in [0.3, 0.4) is 0 Å². The minimum absolute atomic E-state index is 0.0339. The van der Waals surface area contributed by atoms with E-state index in [0.29, 0.717) is 25.3 Å². The number of aromatic nitrogens is 2. The van der Waals surface area contributed by atoms with Crippen LogP contribution in [-0.4, -0.2) is 41.0 Å². The molecular weight excluding hydrogens is 325 g/mol. The molecule has 6 nitrogen and oxygen atoms in total. The molecular formula is C18H20FN3O3. The number of carbonyl (C=O) groups excluding carboxylic acids is 1. The SMILES string of the molecule is COCCC(=O)N1CCC[C@H]1c1cncc(Oc2ccccc2F)n1. The lowest BCUT2D eigenvalue weighted by Gasteiger charge is -2.24. The Morgan fingerprint density at radius 1 is 1.36 bits per heavy atom. The van der Waals surface area contributed by atoms with Crippen molar-refractivity contribution in [2.45, 2.75) is 25.3 Å². The monoisotopic (exact) mass is 345 g/mol. The predicted octanol–water partition coefficient (Wildman–Crippen LogP) is 3.11. The van der Waals surface area contributed by atoms with E-state index in [0.717, 1.165) is 12.8 Å². The van der Waals surface area contributed by atoms with Crippen LogP contribution in [0, 0.1) is 5.82 Å². The molecule has 1 saturated heterocycles. The van der Waals surface area contributed by atoms with Gasteiger partial charge in [0, 0.05) is 13.7 Å². The summed E-state index contributed by atoms with van der Waals surface area (Å²) in [6.07, 6.45) is 5.12. The molecule has 25 heavy (non-hydrogen) atoms. The molecule has 0 N–H and O–H groups in total. The number of methoxy groups -OCH3 is 1. The minimum Gasteiger partial charge on any atom is -0.434 e. The molecule has 0 saturated carbocycles. The molecule has 1 aliphatic heterocycles. The van der Waals surface area contributed by atoms with E-state index in [1.807, 2.05) is 0 Å². The number of carbonyl (C=O) groups is 1. The van der Waals surface area contributed by atoms with Crippen molar-refractivity contribution in [1.82, 2.24) is 14.9 Å². The van der Waals surface area contributed by atoms with Crippen LogP contribution in [-0.2, 0) is 9.53 Å². The number of para-hydroxylation sites is 1. The van der Waals surface area contributed by atoms with Crippen molar-refractivity contribution in [2.75, 3.05) is 20.3 Å². The molecule has 132 valence electrons. The smallest absolute Gasteiger partial charge is 0.238 e. The fraction of sp³-hybridized carbons (Fsp3) is 0.389. The second kappa shape index (κ2) is 8.02. The molecule has 0 aliphatic carbocycles. The molecule has 0 bridgehead atoms. The van der Waals surface area contributed by atoms with E-state index in [9.17, 15) is 9.18 Å². The molecule has 1 amide bonds. The first kappa shape index (κ1) is 17.3. The highest BCUT2D eigenvalue weighted by molar-refractivity contribution is 5.77. The van der Waals surface area contributed by atoms with Gasteiger partial charge in [-0.25, -0.2) is 9.37 Å². The van der Waals surface area contributed by atoms with Crippen molar-refractivity contribution in [1.29, 1.82) is 0 Å². The normalized spacial score (nSPS) is 16.9. The Kier molecular flexibility index (Phi) is 5.55. The van der Waals surface area contributed by atoms with E-state index in [4.69, 9.17) is 9.47 Å². The average molecular weight is 345 g/mol. The Morgan fingerprint density at radius 2 is 2.20 bits per heavy atom. The van der Waals surface area contributed by atoms with Gasteiger partial charge in [-0.1, -0.05) is 12.1 Å². The summed E-state index contributed by atoms with van der Waals surface area (Å²) in [5.74, 6) is -0.134. The molecule has 0 radical (unpaired) electrons. The Balaban J connectivity index is 1.76. The third-order valence-corrected chi connectivity index (χ3v) is 4.12. The number of hydrogen-bond donors (Lipinski definition) is 0. The highest BCUT2D eigenvalue weighted by Crippen LogP contribution is 2.32. The first-order valence-corrected chi connectivity index (χ1v) is 8.22. The maximum absolute atomic E-state index is 13.7. The number of rotatable bonds is 6. The zero-order chi connectivity index (χ0) is 17.6. The van der Waals surface area contributed by atoms with E-state index in [2.05, 4.69) is 9.97 Å². The van der Waals surface area contributed by atoms with Gasteiger partial charge >= 0.3 is 0 Å². The number of likely N-dealkylation sites (tertiary alicyclic amines) is 1. The zero-order valence-electron chi connectivity index (χ0n) is 14.0. The van der Waals surface area contributed by atoms with Gasteiger partial charge in [-0.2, -0.15) is 0 Å². The van der Waals surface area contributed by atoms with Crippen LogP contribution in [0.5, 0.6) is 11.6 Å². The molecule has 2 aromatic rings. The van der Waals surface area contributed by atoms with Crippen LogP contribution in [0.2, 0.25) is 0 Å². The molecule has 7 heteroatoms. The van der Waals surface area contributed by atoms with Gasteiger partial charge in [0.15, 0.2) is 11.6 Å². The van der Waals surface area contributed by atoms with E-state index >= 15 is 0 Å². The van der Waals surface area contributed by atoms with Crippen molar-refractivity contribution < 1.29 is 18.7 Å². The summed E-state index contributed by atoms with van der Waals surface area (Å²) < 4.78 is 24.2. The van der Waals surface area contributed by atoms with Gasteiger partial charge < -0.3 is 14.4 Å². The fourth-order valence-electron chi connectivity index (χ4n) is 2.92. The molecule has 2 heterocycles. The van der Waals surface area contributed by atoms with Crippen molar-refractivity contribution in [2.24, 2.45) is 0 Å². The number of amides is 1. The Bertz CT molecular complexity index is 741. The number of ether oxygens (including phenoxy) is 2. The zero-order valence-corrected chi connectivity index (χ0v) is 14.0. The van der Waals surface area contributed by atoms with Crippen LogP contribution >= 0.6 is 0 Å². The second-order valence-electron chi connectivity index (χ2n) is 5.80. The first-order chi connectivity index (χ1) is 12.2.